The third-order valence-electron chi connectivity index (χ3n) is 6.90. The van der Waals surface area contributed by atoms with E-state index in [-0.39, 0.29) is 23.0 Å². The Balaban J connectivity index is 1.92. The van der Waals surface area contributed by atoms with Crippen LogP contribution in [0.25, 0.3) is 22.3 Å². The van der Waals surface area contributed by atoms with E-state index < -0.39 is 28.2 Å². The van der Waals surface area contributed by atoms with E-state index in [0.29, 0.717) is 28.9 Å². The standard InChI is InChI=1S/C32H34N4O8/c1-8-43-27-13-19(4)24(16-23(27)18(2)3)30-34-25-12-10-9-11-22(25)31(37)35(30)33-17-21-14-26(36(39)40)29(28(15-21)41-6)44-20(5)32(38)42-7/h9-18,20H,8H2,1-7H3/t20-/m1/s1. The summed E-state index contributed by atoms with van der Waals surface area (Å²) in [6.45, 7) is 9.83. The quantitative estimate of drug-likeness (QED) is 0.0922. The zero-order valence-electron chi connectivity index (χ0n) is 25.6. The first-order valence-corrected chi connectivity index (χ1v) is 13.9. The summed E-state index contributed by atoms with van der Waals surface area (Å²) >= 11 is 0. The summed E-state index contributed by atoms with van der Waals surface area (Å²) in [6.07, 6.45) is 0.169. The van der Waals surface area contributed by atoms with Gasteiger partial charge in [-0.1, -0.05) is 26.0 Å². The van der Waals surface area contributed by atoms with Crippen LogP contribution < -0.4 is 19.8 Å². The van der Waals surface area contributed by atoms with E-state index in [1.807, 2.05) is 26.0 Å². The molecule has 230 valence electrons. The van der Waals surface area contributed by atoms with Gasteiger partial charge in [-0.2, -0.15) is 9.78 Å². The minimum absolute atomic E-state index is 0.00968. The monoisotopic (exact) mass is 602 g/mol. The molecule has 0 saturated carbocycles. The van der Waals surface area contributed by atoms with Gasteiger partial charge in [0.15, 0.2) is 17.7 Å². The van der Waals surface area contributed by atoms with Gasteiger partial charge in [0, 0.05) is 17.2 Å². The number of aryl methyl sites for hydroxylation is 1. The Kier molecular flexibility index (Phi) is 9.62. The first kappa shape index (κ1) is 31.7. The van der Waals surface area contributed by atoms with E-state index in [4.69, 9.17) is 19.2 Å². The number of benzene rings is 3. The molecular formula is C32H34N4O8. The van der Waals surface area contributed by atoms with Crippen molar-refractivity contribution in [1.29, 1.82) is 0 Å². The Morgan fingerprint density at radius 2 is 1.84 bits per heavy atom. The number of aromatic nitrogens is 2. The van der Waals surface area contributed by atoms with Crippen molar-refractivity contribution in [3.8, 4) is 28.6 Å². The zero-order valence-corrected chi connectivity index (χ0v) is 25.6. The molecule has 12 heteroatoms. The molecule has 0 N–H and O–H groups in total. The van der Waals surface area contributed by atoms with Gasteiger partial charge in [-0.25, -0.2) is 9.78 Å². The molecule has 0 radical (unpaired) electrons. The topological polar surface area (TPSA) is 144 Å². The second-order valence-corrected chi connectivity index (χ2v) is 10.2. The van der Waals surface area contributed by atoms with Crippen LogP contribution in [0.15, 0.2) is 58.4 Å². The number of carbonyl (C=O) groups is 1. The van der Waals surface area contributed by atoms with Crippen molar-refractivity contribution in [2.24, 2.45) is 5.10 Å². The molecule has 0 spiro atoms. The fraction of sp³-hybridized carbons (Fsp3) is 0.312. The SMILES string of the molecule is CCOc1cc(C)c(-c2nc3ccccc3c(=O)n2N=Cc2cc(OC)c(O[C@H](C)C(=O)OC)c([N+](=O)[O-])c2)cc1C(C)C. The number of rotatable bonds is 11. The summed E-state index contributed by atoms with van der Waals surface area (Å²) < 4.78 is 22.6. The van der Waals surface area contributed by atoms with Crippen LogP contribution in [0.2, 0.25) is 0 Å². The van der Waals surface area contributed by atoms with Crippen LogP contribution in [-0.2, 0) is 9.53 Å². The third-order valence-corrected chi connectivity index (χ3v) is 6.90. The lowest BCUT2D eigenvalue weighted by atomic mass is 9.96. The highest BCUT2D eigenvalue weighted by molar-refractivity contribution is 5.85. The molecule has 4 aromatic rings. The Morgan fingerprint density at radius 3 is 2.48 bits per heavy atom. The van der Waals surface area contributed by atoms with Crippen molar-refractivity contribution >= 4 is 28.8 Å². The maximum absolute atomic E-state index is 13.8. The summed E-state index contributed by atoms with van der Waals surface area (Å²) in [5.41, 5.74) is 2.30. The molecule has 1 aromatic heterocycles. The van der Waals surface area contributed by atoms with Crippen LogP contribution in [0.3, 0.4) is 0 Å². The average molecular weight is 603 g/mol. The van der Waals surface area contributed by atoms with Gasteiger partial charge in [0.05, 0.1) is 42.9 Å². The van der Waals surface area contributed by atoms with Crippen LogP contribution in [-0.4, -0.2) is 53.7 Å². The molecule has 0 unspecified atom stereocenters. The maximum Gasteiger partial charge on any atom is 0.346 e. The van der Waals surface area contributed by atoms with Crippen LogP contribution in [0.5, 0.6) is 17.2 Å². The largest absolute Gasteiger partial charge is 0.494 e. The Labute approximate surface area is 254 Å². The second-order valence-electron chi connectivity index (χ2n) is 10.2. The number of nitrogens with zero attached hydrogens (tertiary/aromatic N) is 4. The third kappa shape index (κ3) is 6.38. The first-order chi connectivity index (χ1) is 21.0. The average Bonchev–Trinajstić information content (AvgIpc) is 3.00. The van der Waals surface area contributed by atoms with E-state index >= 15 is 0 Å². The fourth-order valence-corrected chi connectivity index (χ4v) is 4.68. The highest BCUT2D eigenvalue weighted by Crippen LogP contribution is 2.39. The Hall–Kier alpha value is -5.26. The number of carbonyl (C=O) groups excluding carboxylic acids is 1. The van der Waals surface area contributed by atoms with Crippen molar-refractivity contribution in [3.05, 3.63) is 85.7 Å². The normalized spacial score (nSPS) is 12.0. The molecule has 3 aromatic carbocycles. The van der Waals surface area contributed by atoms with E-state index in [2.05, 4.69) is 23.7 Å². The van der Waals surface area contributed by atoms with Gasteiger partial charge < -0.3 is 18.9 Å². The number of methoxy groups -OCH3 is 2. The van der Waals surface area contributed by atoms with Crippen LogP contribution in [0.1, 0.15) is 50.3 Å². The van der Waals surface area contributed by atoms with Gasteiger partial charge >= 0.3 is 11.7 Å². The van der Waals surface area contributed by atoms with Crippen molar-refractivity contribution in [3.63, 3.8) is 0 Å². The van der Waals surface area contributed by atoms with E-state index in [1.165, 1.54) is 44.2 Å². The lowest BCUT2D eigenvalue weighted by Gasteiger charge is -2.18. The minimum Gasteiger partial charge on any atom is -0.494 e. The molecule has 0 amide bonds. The summed E-state index contributed by atoms with van der Waals surface area (Å²) in [6, 6.07) is 13.5. The molecule has 0 aliphatic carbocycles. The van der Waals surface area contributed by atoms with Gasteiger partial charge in [-0.05, 0) is 68.1 Å². The molecule has 4 rings (SSSR count). The Bertz CT molecular complexity index is 1810. The lowest BCUT2D eigenvalue weighted by molar-refractivity contribution is -0.386. The smallest absolute Gasteiger partial charge is 0.346 e. The molecular weight excluding hydrogens is 568 g/mol. The minimum atomic E-state index is -1.13. The predicted octanol–water partition coefficient (Wildman–Crippen LogP) is 5.63. The number of hydrogen-bond donors (Lipinski definition) is 0. The van der Waals surface area contributed by atoms with Gasteiger partial charge in [-0.3, -0.25) is 14.9 Å². The Morgan fingerprint density at radius 1 is 1.11 bits per heavy atom. The summed E-state index contributed by atoms with van der Waals surface area (Å²) in [4.78, 5) is 41.9. The van der Waals surface area contributed by atoms with Crippen molar-refractivity contribution in [2.45, 2.75) is 46.6 Å². The number of ether oxygens (including phenoxy) is 4. The maximum atomic E-state index is 13.8. The van der Waals surface area contributed by atoms with Gasteiger partial charge in [-0.15, -0.1) is 0 Å². The number of fused-ring (bicyclic) bond motifs is 1. The summed E-state index contributed by atoms with van der Waals surface area (Å²) in [7, 11) is 2.50. The van der Waals surface area contributed by atoms with E-state index in [9.17, 15) is 19.7 Å². The zero-order chi connectivity index (χ0) is 32.1. The molecule has 0 fully saturated rings. The predicted molar refractivity (Wildman–Crippen MR) is 166 cm³/mol. The number of para-hydroxylation sites is 1. The first-order valence-electron chi connectivity index (χ1n) is 13.9. The molecule has 0 aliphatic rings. The van der Waals surface area contributed by atoms with Crippen LogP contribution in [0.4, 0.5) is 5.69 Å². The summed E-state index contributed by atoms with van der Waals surface area (Å²) in [5.74, 6) is 0.197. The molecule has 12 nitrogen and oxygen atoms in total. The van der Waals surface area contributed by atoms with Gasteiger partial charge in [0.2, 0.25) is 5.75 Å². The molecule has 1 heterocycles. The van der Waals surface area contributed by atoms with Gasteiger partial charge in [0.25, 0.3) is 5.56 Å². The van der Waals surface area contributed by atoms with Crippen molar-refractivity contribution in [2.75, 3.05) is 20.8 Å². The highest BCUT2D eigenvalue weighted by atomic mass is 16.6. The van der Waals surface area contributed by atoms with Crippen LogP contribution >= 0.6 is 0 Å². The van der Waals surface area contributed by atoms with Crippen molar-refractivity contribution < 1.29 is 28.7 Å². The van der Waals surface area contributed by atoms with Crippen LogP contribution in [0, 0.1) is 17.0 Å². The molecule has 1 atom stereocenters. The summed E-state index contributed by atoms with van der Waals surface area (Å²) in [5, 5.41) is 16.8. The van der Waals surface area contributed by atoms with Crippen molar-refractivity contribution in [1.82, 2.24) is 9.66 Å². The number of hydrogen-bond acceptors (Lipinski definition) is 10. The van der Waals surface area contributed by atoms with Gasteiger partial charge in [0.1, 0.15) is 5.75 Å². The number of esters is 1. The highest BCUT2D eigenvalue weighted by Gasteiger charge is 2.27. The lowest BCUT2D eigenvalue weighted by Crippen LogP contribution is -2.25. The van der Waals surface area contributed by atoms with E-state index in [1.54, 1.807) is 24.3 Å². The molecule has 0 aliphatic heterocycles. The number of nitro groups is 1. The number of nitro benzene ring substituents is 1. The molecule has 0 bridgehead atoms. The molecule has 44 heavy (non-hydrogen) atoms. The van der Waals surface area contributed by atoms with E-state index in [0.717, 1.165) is 16.9 Å². The fourth-order valence-electron chi connectivity index (χ4n) is 4.68. The molecule has 0 saturated heterocycles. The second kappa shape index (κ2) is 13.4.